The number of benzene rings is 2. The molecule has 6 nitrogen and oxygen atoms in total. The topological polar surface area (TPSA) is 85.5 Å². The summed E-state index contributed by atoms with van der Waals surface area (Å²) in [5.41, 5.74) is 9.07. The van der Waals surface area contributed by atoms with Crippen molar-refractivity contribution >= 4 is 11.8 Å². The molecule has 0 aliphatic carbocycles. The lowest BCUT2D eigenvalue weighted by atomic mass is 10.1. The van der Waals surface area contributed by atoms with Gasteiger partial charge in [0.2, 0.25) is 11.8 Å². The van der Waals surface area contributed by atoms with Gasteiger partial charge < -0.3 is 15.4 Å². The summed E-state index contributed by atoms with van der Waals surface area (Å²) in [5, 5.41) is 0. The maximum absolute atomic E-state index is 13.0. The lowest BCUT2D eigenvalue weighted by molar-refractivity contribution is -0.139. The van der Waals surface area contributed by atoms with E-state index in [1.54, 1.807) is 30.3 Å². The number of aromatic nitrogens is 1. The Balaban J connectivity index is 1.38. The molecule has 1 fully saturated rings. The molecule has 1 atom stereocenters. The molecule has 2 aromatic carbocycles. The highest BCUT2D eigenvalue weighted by atomic mass is 19.1. The number of morpholine rings is 1. The quantitative estimate of drug-likeness (QED) is 0.595. The van der Waals surface area contributed by atoms with E-state index < -0.39 is 5.91 Å². The summed E-state index contributed by atoms with van der Waals surface area (Å²) in [6.45, 7) is 1.43. The number of ether oxygens (including phenoxy) is 1. The van der Waals surface area contributed by atoms with Crippen LogP contribution in [0.4, 0.5) is 4.39 Å². The fourth-order valence-corrected chi connectivity index (χ4v) is 3.93. The van der Waals surface area contributed by atoms with Crippen molar-refractivity contribution in [2.24, 2.45) is 5.73 Å². The number of amides is 2. The Bertz CT molecular complexity index is 1130. The van der Waals surface area contributed by atoms with Gasteiger partial charge in [-0.3, -0.25) is 9.59 Å². The predicted octanol–water partition coefficient (Wildman–Crippen LogP) is 3.91. The van der Waals surface area contributed by atoms with Gasteiger partial charge in [0.15, 0.2) is 0 Å². The number of pyridine rings is 1. The number of nitrogens with zero attached hydrogens (tertiary/aromatic N) is 2. The molecule has 33 heavy (non-hydrogen) atoms. The Morgan fingerprint density at radius 3 is 2.67 bits per heavy atom. The van der Waals surface area contributed by atoms with Crippen molar-refractivity contribution in [1.82, 2.24) is 9.88 Å². The number of carbonyl (C=O) groups excluding carboxylic acids is 2. The van der Waals surface area contributed by atoms with Gasteiger partial charge in [-0.1, -0.05) is 30.3 Å². The van der Waals surface area contributed by atoms with Crippen molar-refractivity contribution in [3.05, 3.63) is 89.4 Å². The summed E-state index contributed by atoms with van der Waals surface area (Å²) in [5.74, 6) is -0.666. The van der Waals surface area contributed by atoms with Crippen LogP contribution in [0.5, 0.6) is 0 Å². The number of carbonyl (C=O) groups is 2. The van der Waals surface area contributed by atoms with Crippen LogP contribution in [0, 0.1) is 5.82 Å². The molecule has 7 heteroatoms. The summed E-state index contributed by atoms with van der Waals surface area (Å²) < 4.78 is 18.9. The summed E-state index contributed by atoms with van der Waals surface area (Å²) in [7, 11) is 0. The van der Waals surface area contributed by atoms with Crippen molar-refractivity contribution in [2.45, 2.75) is 25.4 Å². The third-order valence-corrected chi connectivity index (χ3v) is 5.73. The highest BCUT2D eigenvalue weighted by Gasteiger charge is 2.26. The predicted molar refractivity (Wildman–Crippen MR) is 123 cm³/mol. The van der Waals surface area contributed by atoms with E-state index in [4.69, 9.17) is 15.5 Å². The van der Waals surface area contributed by atoms with Crippen molar-refractivity contribution in [2.75, 3.05) is 19.7 Å². The van der Waals surface area contributed by atoms with Gasteiger partial charge in [-0.15, -0.1) is 0 Å². The number of primary amides is 1. The van der Waals surface area contributed by atoms with E-state index in [1.165, 1.54) is 12.1 Å². The number of nitrogens with two attached hydrogens (primary N) is 1. The van der Waals surface area contributed by atoms with E-state index in [2.05, 4.69) is 0 Å². The van der Waals surface area contributed by atoms with Crippen LogP contribution in [0.1, 0.15) is 40.6 Å². The van der Waals surface area contributed by atoms with Crippen molar-refractivity contribution in [3.8, 4) is 11.3 Å². The summed E-state index contributed by atoms with van der Waals surface area (Å²) in [4.78, 5) is 30.8. The van der Waals surface area contributed by atoms with Gasteiger partial charge in [0, 0.05) is 24.1 Å². The first-order chi connectivity index (χ1) is 16.0. The van der Waals surface area contributed by atoms with Crippen LogP contribution in [0.3, 0.4) is 0 Å². The molecule has 0 unspecified atom stereocenters. The molecule has 1 saturated heterocycles. The number of halogens is 1. The molecule has 2 N–H and O–H groups in total. The molecule has 0 saturated carbocycles. The Hall–Kier alpha value is -3.58. The number of hydrogen-bond acceptors (Lipinski definition) is 4. The number of hydrogen-bond donors (Lipinski definition) is 1. The summed E-state index contributed by atoms with van der Waals surface area (Å²) in [6, 6.07) is 19.0. The number of rotatable bonds is 7. The fraction of sp³-hybridized carbons (Fsp3) is 0.269. The molecular weight excluding hydrogens is 421 g/mol. The van der Waals surface area contributed by atoms with Crippen LogP contribution in [0.15, 0.2) is 66.7 Å². The average molecular weight is 448 g/mol. The maximum atomic E-state index is 13.0. The normalized spacial score (nSPS) is 15.9. The second kappa shape index (κ2) is 10.4. The van der Waals surface area contributed by atoms with Crippen molar-refractivity contribution in [3.63, 3.8) is 0 Å². The molecule has 1 aliphatic rings. The molecule has 0 spiro atoms. The molecule has 4 rings (SSSR count). The minimum Gasteiger partial charge on any atom is -0.368 e. The first-order valence-electron chi connectivity index (χ1n) is 11.0. The molecule has 170 valence electrons. The smallest absolute Gasteiger partial charge is 0.248 e. The molecule has 0 bridgehead atoms. The molecule has 1 aromatic heterocycles. The maximum Gasteiger partial charge on any atom is 0.248 e. The van der Waals surface area contributed by atoms with Gasteiger partial charge in [-0.25, -0.2) is 9.37 Å². The molecule has 1 aliphatic heterocycles. The average Bonchev–Trinajstić information content (AvgIpc) is 2.85. The minimum atomic E-state index is -0.489. The molecular formula is C26H26FN3O3. The Morgan fingerprint density at radius 1 is 1.09 bits per heavy atom. The van der Waals surface area contributed by atoms with E-state index in [1.807, 2.05) is 29.2 Å². The highest BCUT2D eigenvalue weighted by Crippen LogP contribution is 2.25. The van der Waals surface area contributed by atoms with Crippen LogP contribution >= 0.6 is 0 Å². The summed E-state index contributed by atoms with van der Waals surface area (Å²) >= 11 is 0. The van der Waals surface area contributed by atoms with E-state index in [0.717, 1.165) is 23.2 Å². The SMILES string of the molecule is NC(=O)c1cccc(-c2cccc([C@@H]3CN(C(=O)CCCc4ccc(F)cc4)CCO3)n2)c1. The van der Waals surface area contributed by atoms with Crippen LogP contribution in [-0.4, -0.2) is 41.4 Å². The lowest BCUT2D eigenvalue weighted by Gasteiger charge is -2.33. The zero-order chi connectivity index (χ0) is 23.2. The van der Waals surface area contributed by atoms with E-state index in [9.17, 15) is 14.0 Å². The highest BCUT2D eigenvalue weighted by molar-refractivity contribution is 5.94. The molecule has 0 radical (unpaired) electrons. The number of aryl methyl sites for hydroxylation is 1. The zero-order valence-corrected chi connectivity index (χ0v) is 18.2. The lowest BCUT2D eigenvalue weighted by Crippen LogP contribution is -2.42. The third kappa shape index (κ3) is 5.81. The Morgan fingerprint density at radius 2 is 1.88 bits per heavy atom. The summed E-state index contributed by atoms with van der Waals surface area (Å²) in [6.07, 6.45) is 1.54. The first kappa shape index (κ1) is 22.6. The van der Waals surface area contributed by atoms with Crippen molar-refractivity contribution < 1.29 is 18.7 Å². The van der Waals surface area contributed by atoms with E-state index in [0.29, 0.717) is 43.8 Å². The zero-order valence-electron chi connectivity index (χ0n) is 18.2. The second-order valence-corrected chi connectivity index (χ2v) is 8.07. The first-order valence-corrected chi connectivity index (χ1v) is 11.0. The van der Waals surface area contributed by atoms with Gasteiger partial charge >= 0.3 is 0 Å². The van der Waals surface area contributed by atoms with Gasteiger partial charge in [-0.05, 0) is 54.8 Å². The van der Waals surface area contributed by atoms with Gasteiger partial charge in [0.1, 0.15) is 11.9 Å². The standard InChI is InChI=1S/C26H26FN3O3/c27-21-12-10-18(11-13-21)4-1-9-25(31)30-14-15-33-24(17-30)23-8-3-7-22(29-23)19-5-2-6-20(16-19)26(28)32/h2-3,5-8,10-13,16,24H,1,4,9,14-15,17H2,(H2,28,32)/t24-/m0/s1. The van der Waals surface area contributed by atoms with Crippen LogP contribution in [0.25, 0.3) is 11.3 Å². The molecule has 3 aromatic rings. The Kier molecular flexibility index (Phi) is 7.10. The molecule has 2 heterocycles. The molecule has 2 amide bonds. The van der Waals surface area contributed by atoms with Gasteiger partial charge in [-0.2, -0.15) is 0 Å². The minimum absolute atomic E-state index is 0.0794. The van der Waals surface area contributed by atoms with Crippen LogP contribution in [0.2, 0.25) is 0 Å². The van der Waals surface area contributed by atoms with Crippen LogP contribution in [-0.2, 0) is 16.0 Å². The van der Waals surface area contributed by atoms with Gasteiger partial charge in [0.25, 0.3) is 0 Å². The van der Waals surface area contributed by atoms with E-state index >= 15 is 0 Å². The van der Waals surface area contributed by atoms with Crippen LogP contribution < -0.4 is 5.73 Å². The van der Waals surface area contributed by atoms with Crippen molar-refractivity contribution in [1.29, 1.82) is 0 Å². The third-order valence-electron chi connectivity index (χ3n) is 5.73. The monoisotopic (exact) mass is 447 g/mol. The fourth-order valence-electron chi connectivity index (χ4n) is 3.93. The largest absolute Gasteiger partial charge is 0.368 e. The Labute approximate surface area is 192 Å². The van der Waals surface area contributed by atoms with Gasteiger partial charge in [0.05, 0.1) is 24.5 Å². The second-order valence-electron chi connectivity index (χ2n) is 8.07. The van der Waals surface area contributed by atoms with E-state index in [-0.39, 0.29) is 17.8 Å².